The molecule has 0 radical (unpaired) electrons. The number of rotatable bonds is 4. The van der Waals surface area contributed by atoms with Gasteiger partial charge in [0, 0.05) is 22.0 Å². The van der Waals surface area contributed by atoms with Crippen LogP contribution in [0.4, 0.5) is 0 Å². The normalized spacial score (nSPS) is 10.8. The molecule has 0 saturated heterocycles. The lowest BCUT2D eigenvalue weighted by Gasteiger charge is -1.99. The van der Waals surface area contributed by atoms with Gasteiger partial charge < -0.3 is 0 Å². The molecule has 2 heterocycles. The molecule has 1 N–H and O–H groups in total. The highest BCUT2D eigenvalue weighted by Gasteiger charge is 2.09. The van der Waals surface area contributed by atoms with Crippen molar-refractivity contribution in [2.24, 2.45) is 0 Å². The van der Waals surface area contributed by atoms with Gasteiger partial charge in [-0.3, -0.25) is 5.10 Å². The summed E-state index contributed by atoms with van der Waals surface area (Å²) in [7, 11) is 0. The Morgan fingerprint density at radius 3 is 2.81 bits per heavy atom. The van der Waals surface area contributed by atoms with E-state index < -0.39 is 0 Å². The van der Waals surface area contributed by atoms with Crippen LogP contribution in [0.3, 0.4) is 0 Å². The predicted molar refractivity (Wildman–Crippen MR) is 88.3 cm³/mol. The van der Waals surface area contributed by atoms with Gasteiger partial charge in [0.15, 0.2) is 5.82 Å². The Bertz CT molecular complexity index is 745. The Morgan fingerprint density at radius 2 is 2.05 bits per heavy atom. The van der Waals surface area contributed by atoms with E-state index in [0.717, 1.165) is 27.2 Å². The van der Waals surface area contributed by atoms with Crippen LogP contribution in [-0.4, -0.2) is 20.2 Å². The monoisotopic (exact) mass is 380 g/mol. The summed E-state index contributed by atoms with van der Waals surface area (Å²) < 4.78 is 0.986. The molecule has 0 aliphatic carbocycles. The van der Waals surface area contributed by atoms with Crippen LogP contribution in [-0.2, 0) is 5.75 Å². The van der Waals surface area contributed by atoms with Crippen molar-refractivity contribution in [1.82, 2.24) is 20.2 Å². The van der Waals surface area contributed by atoms with Gasteiger partial charge in [-0.25, -0.2) is 9.97 Å². The zero-order valence-corrected chi connectivity index (χ0v) is 13.9. The lowest BCUT2D eigenvalue weighted by atomic mass is 10.2. The van der Waals surface area contributed by atoms with Crippen LogP contribution in [0.1, 0.15) is 5.56 Å². The molecule has 7 heteroatoms. The van der Waals surface area contributed by atoms with E-state index in [0.29, 0.717) is 10.3 Å². The largest absolute Gasteiger partial charge is 0.258 e. The summed E-state index contributed by atoms with van der Waals surface area (Å²) in [5.41, 5.74) is 2.07. The van der Waals surface area contributed by atoms with E-state index in [1.165, 1.54) is 0 Å². The summed E-state index contributed by atoms with van der Waals surface area (Å²) >= 11 is 10.8. The molecule has 0 unspecified atom stereocenters. The Labute approximate surface area is 139 Å². The molecule has 0 saturated carbocycles. The third-order valence-electron chi connectivity index (χ3n) is 2.75. The second kappa shape index (κ2) is 6.60. The van der Waals surface area contributed by atoms with Gasteiger partial charge in [-0.2, -0.15) is 0 Å². The molecule has 0 aliphatic rings. The van der Waals surface area contributed by atoms with E-state index in [2.05, 4.69) is 36.1 Å². The van der Waals surface area contributed by atoms with Crippen LogP contribution in [0.5, 0.6) is 0 Å². The molecular weight excluding hydrogens is 372 g/mol. The molecule has 0 atom stereocenters. The fourth-order valence-electron chi connectivity index (χ4n) is 1.72. The first-order valence-electron chi connectivity index (χ1n) is 6.13. The van der Waals surface area contributed by atoms with E-state index in [-0.39, 0.29) is 0 Å². The number of thioether (sulfide) groups is 1. The molecule has 3 rings (SSSR count). The number of benzene rings is 1. The number of hydrogen-bond acceptors (Lipinski definition) is 4. The molecule has 106 valence electrons. The average Bonchev–Trinajstić information content (AvgIpc) is 2.96. The van der Waals surface area contributed by atoms with Gasteiger partial charge in [0.25, 0.3) is 0 Å². The zero-order valence-electron chi connectivity index (χ0n) is 10.8. The van der Waals surface area contributed by atoms with Crippen molar-refractivity contribution in [3.05, 3.63) is 57.8 Å². The topological polar surface area (TPSA) is 54.5 Å². The number of pyridine rings is 1. The zero-order chi connectivity index (χ0) is 14.7. The van der Waals surface area contributed by atoms with E-state index in [1.54, 1.807) is 24.0 Å². The Hall–Kier alpha value is -1.37. The van der Waals surface area contributed by atoms with Gasteiger partial charge in [0.2, 0.25) is 5.16 Å². The van der Waals surface area contributed by atoms with Crippen LogP contribution in [0.15, 0.2) is 52.2 Å². The van der Waals surface area contributed by atoms with Gasteiger partial charge in [-0.05, 0) is 17.7 Å². The minimum atomic E-state index is 0.498. The van der Waals surface area contributed by atoms with Crippen LogP contribution >= 0.6 is 39.3 Å². The minimum Gasteiger partial charge on any atom is -0.258 e. The second-order valence-corrected chi connectivity index (χ2v) is 6.41. The third-order valence-corrected chi connectivity index (χ3v) is 4.58. The lowest BCUT2D eigenvalue weighted by Crippen LogP contribution is -1.84. The Balaban J connectivity index is 1.71. The number of nitrogens with zero attached hydrogens (tertiary/aromatic N) is 3. The van der Waals surface area contributed by atoms with Crippen molar-refractivity contribution in [2.75, 3.05) is 0 Å². The summed E-state index contributed by atoms with van der Waals surface area (Å²) in [6, 6.07) is 11.6. The number of aromatic nitrogens is 4. The van der Waals surface area contributed by atoms with Crippen LogP contribution in [0, 0.1) is 0 Å². The predicted octanol–water partition coefficient (Wildman–Crippen LogP) is 4.57. The third kappa shape index (κ3) is 3.64. The molecule has 0 amide bonds. The molecule has 0 aliphatic heterocycles. The maximum atomic E-state index is 5.76. The second-order valence-electron chi connectivity index (χ2n) is 4.22. The van der Waals surface area contributed by atoms with E-state index in [1.807, 2.05) is 30.3 Å². The van der Waals surface area contributed by atoms with E-state index in [4.69, 9.17) is 11.6 Å². The quantitative estimate of drug-likeness (QED) is 0.531. The van der Waals surface area contributed by atoms with E-state index >= 15 is 0 Å². The highest BCUT2D eigenvalue weighted by Crippen LogP contribution is 2.27. The van der Waals surface area contributed by atoms with Crippen molar-refractivity contribution in [3.8, 4) is 11.4 Å². The summed E-state index contributed by atoms with van der Waals surface area (Å²) in [5.74, 6) is 1.50. The fraction of sp³-hybridized carbons (Fsp3) is 0.0714. The Morgan fingerprint density at radius 1 is 1.19 bits per heavy atom. The number of halogens is 2. The number of hydrogen-bond donors (Lipinski definition) is 1. The van der Waals surface area contributed by atoms with Crippen molar-refractivity contribution in [1.29, 1.82) is 0 Å². The molecule has 0 fully saturated rings. The highest BCUT2D eigenvalue weighted by atomic mass is 79.9. The van der Waals surface area contributed by atoms with Gasteiger partial charge >= 0.3 is 0 Å². The Kier molecular flexibility index (Phi) is 4.57. The smallest absolute Gasteiger partial charge is 0.209 e. The first kappa shape index (κ1) is 14.6. The van der Waals surface area contributed by atoms with Gasteiger partial charge in [0.1, 0.15) is 5.15 Å². The summed E-state index contributed by atoms with van der Waals surface area (Å²) in [6.07, 6.45) is 1.76. The minimum absolute atomic E-state index is 0.498. The van der Waals surface area contributed by atoms with Crippen molar-refractivity contribution in [2.45, 2.75) is 10.9 Å². The molecule has 0 bridgehead atoms. The first-order valence-corrected chi connectivity index (χ1v) is 8.28. The first-order chi connectivity index (χ1) is 10.2. The molecule has 1 aromatic carbocycles. The van der Waals surface area contributed by atoms with Crippen molar-refractivity contribution in [3.63, 3.8) is 0 Å². The summed E-state index contributed by atoms with van der Waals surface area (Å²) in [6.45, 7) is 0. The number of nitrogens with one attached hydrogen (secondary N) is 1. The average molecular weight is 382 g/mol. The van der Waals surface area contributed by atoms with Gasteiger partial charge in [-0.1, -0.05) is 63.6 Å². The molecule has 2 aromatic heterocycles. The number of H-pyrrole nitrogens is 1. The van der Waals surface area contributed by atoms with E-state index in [9.17, 15) is 0 Å². The maximum absolute atomic E-state index is 5.76. The summed E-state index contributed by atoms with van der Waals surface area (Å²) in [5, 5.41) is 8.39. The number of aromatic amines is 1. The lowest BCUT2D eigenvalue weighted by molar-refractivity contribution is 0.973. The molecular formula is C14H10BrClN4S. The molecule has 21 heavy (non-hydrogen) atoms. The van der Waals surface area contributed by atoms with Crippen LogP contribution in [0.2, 0.25) is 5.15 Å². The maximum Gasteiger partial charge on any atom is 0.209 e. The van der Waals surface area contributed by atoms with Gasteiger partial charge in [-0.15, -0.1) is 5.10 Å². The molecule has 3 aromatic rings. The van der Waals surface area contributed by atoms with Crippen molar-refractivity contribution >= 4 is 39.3 Å². The van der Waals surface area contributed by atoms with Crippen LogP contribution < -0.4 is 0 Å². The summed E-state index contributed by atoms with van der Waals surface area (Å²) in [4.78, 5) is 8.55. The van der Waals surface area contributed by atoms with Crippen LogP contribution in [0.25, 0.3) is 11.4 Å². The highest BCUT2D eigenvalue weighted by molar-refractivity contribution is 9.10. The van der Waals surface area contributed by atoms with Gasteiger partial charge in [0.05, 0.1) is 0 Å². The molecule has 0 spiro atoms. The SMILES string of the molecule is Clc1ccc(CSc2n[nH]c(-c3ccccc3Br)n2)cn1. The van der Waals surface area contributed by atoms with Crippen molar-refractivity contribution < 1.29 is 0 Å². The standard InChI is InChI=1S/C14H10BrClN4S/c15-11-4-2-1-3-10(11)13-18-14(20-19-13)21-8-9-5-6-12(16)17-7-9/h1-7H,8H2,(H,18,19,20). The fourth-order valence-corrected chi connectivity index (χ4v) is 3.04. The molecule has 4 nitrogen and oxygen atoms in total.